The molecule has 1 fully saturated rings. The third kappa shape index (κ3) is 7.81. The molecular weight excluding hydrogens is 518 g/mol. The highest BCUT2D eigenvalue weighted by molar-refractivity contribution is 5.40. The van der Waals surface area contributed by atoms with E-state index in [2.05, 4.69) is 29.7 Å². The van der Waals surface area contributed by atoms with Gasteiger partial charge >= 0.3 is 5.69 Å². The van der Waals surface area contributed by atoms with Crippen LogP contribution in [0.1, 0.15) is 97.7 Å². The summed E-state index contributed by atoms with van der Waals surface area (Å²) in [7, 11) is 0. The van der Waals surface area contributed by atoms with Crippen molar-refractivity contribution in [2.24, 2.45) is 0 Å². The molecule has 226 valence electrons. The third-order valence-corrected chi connectivity index (χ3v) is 8.13. The minimum Gasteiger partial charge on any atom is -0.485 e. The Kier molecular flexibility index (Phi) is 11.6. The molecule has 0 aliphatic carbocycles. The van der Waals surface area contributed by atoms with Crippen molar-refractivity contribution in [3.63, 3.8) is 0 Å². The highest BCUT2D eigenvalue weighted by Gasteiger charge is 2.40. The van der Waals surface area contributed by atoms with Gasteiger partial charge in [0.25, 0.3) is 5.56 Å². The predicted octanol–water partition coefficient (Wildman–Crippen LogP) is 4.72. The summed E-state index contributed by atoms with van der Waals surface area (Å²) >= 11 is 0. The lowest BCUT2D eigenvalue weighted by molar-refractivity contribution is -0.0805. The van der Waals surface area contributed by atoms with Crippen molar-refractivity contribution in [2.75, 3.05) is 37.6 Å². The van der Waals surface area contributed by atoms with Gasteiger partial charge in [-0.25, -0.2) is 4.79 Å². The molecule has 1 saturated heterocycles. The molecule has 0 saturated carbocycles. The highest BCUT2D eigenvalue weighted by atomic mass is 16.5. The number of hydrogen-bond acceptors (Lipinski definition) is 7. The van der Waals surface area contributed by atoms with Crippen LogP contribution in [0.25, 0.3) is 0 Å². The first-order valence-electron chi connectivity index (χ1n) is 15.3. The maximum atomic E-state index is 13.2. The number of rotatable bonds is 14. The highest BCUT2D eigenvalue weighted by Crippen LogP contribution is 2.33. The normalized spacial score (nSPS) is 15.4. The number of aliphatic hydroxyl groups is 1. The molecule has 0 amide bonds. The number of aromatic nitrogens is 2. The van der Waals surface area contributed by atoms with E-state index < -0.39 is 11.7 Å². The van der Waals surface area contributed by atoms with E-state index in [1.807, 2.05) is 39.8 Å². The van der Waals surface area contributed by atoms with Crippen molar-refractivity contribution in [1.82, 2.24) is 14.0 Å². The zero-order valence-corrected chi connectivity index (χ0v) is 25.8. The van der Waals surface area contributed by atoms with E-state index in [1.165, 1.54) is 4.57 Å². The zero-order valence-electron chi connectivity index (χ0n) is 25.8. The SMILES string of the molecule is CCCCC(CCCC)(Oc1ccc(C#N)cc1)C(O)CN1CCN(c2cc(=O)n(C(C)C)c(=O)n2C(C)C)CC1. The molecule has 0 bridgehead atoms. The van der Waals surface area contributed by atoms with E-state index in [-0.39, 0.29) is 23.3 Å². The fourth-order valence-electron chi connectivity index (χ4n) is 5.75. The van der Waals surface area contributed by atoms with E-state index in [1.54, 1.807) is 22.8 Å². The zero-order chi connectivity index (χ0) is 30.2. The number of ether oxygens (including phenoxy) is 1. The summed E-state index contributed by atoms with van der Waals surface area (Å²) < 4.78 is 9.66. The van der Waals surface area contributed by atoms with Gasteiger partial charge in [0.05, 0.1) is 11.6 Å². The number of piperazine rings is 1. The second-order valence-corrected chi connectivity index (χ2v) is 11.9. The van der Waals surface area contributed by atoms with Gasteiger partial charge in [-0.3, -0.25) is 18.8 Å². The topological polar surface area (TPSA) is 104 Å². The third-order valence-electron chi connectivity index (χ3n) is 8.13. The number of benzene rings is 1. The van der Waals surface area contributed by atoms with Crippen LogP contribution in [0.5, 0.6) is 5.75 Å². The molecule has 3 rings (SSSR count). The quantitative estimate of drug-likeness (QED) is 0.352. The predicted molar refractivity (Wildman–Crippen MR) is 164 cm³/mol. The molecule has 1 N–H and O–H groups in total. The summed E-state index contributed by atoms with van der Waals surface area (Å²) in [6.45, 7) is 15.1. The lowest BCUT2D eigenvalue weighted by atomic mass is 9.84. The summed E-state index contributed by atoms with van der Waals surface area (Å²) in [4.78, 5) is 30.5. The van der Waals surface area contributed by atoms with Gasteiger partial charge in [-0.2, -0.15) is 5.26 Å². The number of anilines is 1. The molecule has 0 radical (unpaired) electrons. The number of β-amino-alcohol motifs (C(OH)–C–C–N with tert-alkyl or cyclic N) is 1. The molecule has 1 aromatic heterocycles. The van der Waals surface area contributed by atoms with Gasteiger partial charge < -0.3 is 14.7 Å². The molecule has 1 atom stereocenters. The average Bonchev–Trinajstić information content (AvgIpc) is 2.94. The smallest absolute Gasteiger partial charge is 0.333 e. The average molecular weight is 568 g/mol. The number of nitrogens with zero attached hydrogens (tertiary/aromatic N) is 5. The number of nitriles is 1. The summed E-state index contributed by atoms with van der Waals surface area (Å²) in [5.41, 5.74) is -0.692. The molecule has 2 aromatic rings. The molecule has 1 unspecified atom stereocenters. The van der Waals surface area contributed by atoms with Crippen molar-refractivity contribution < 1.29 is 9.84 Å². The Morgan fingerprint density at radius 2 is 1.49 bits per heavy atom. The molecular formula is C32H49N5O4. The second-order valence-electron chi connectivity index (χ2n) is 11.9. The molecule has 9 nitrogen and oxygen atoms in total. The van der Waals surface area contributed by atoms with Gasteiger partial charge in [-0.1, -0.05) is 26.7 Å². The Morgan fingerprint density at radius 3 is 1.98 bits per heavy atom. The van der Waals surface area contributed by atoms with Crippen LogP contribution in [-0.4, -0.2) is 63.6 Å². The van der Waals surface area contributed by atoms with Crippen LogP contribution in [0.15, 0.2) is 39.9 Å². The monoisotopic (exact) mass is 567 g/mol. The number of unbranched alkanes of at least 4 members (excludes halogenated alkanes) is 2. The summed E-state index contributed by atoms with van der Waals surface area (Å²) in [5.74, 6) is 1.33. The summed E-state index contributed by atoms with van der Waals surface area (Å²) in [5, 5.41) is 20.9. The summed E-state index contributed by atoms with van der Waals surface area (Å²) in [6, 6.07) is 10.6. The fourth-order valence-corrected chi connectivity index (χ4v) is 5.75. The fraction of sp³-hybridized carbons (Fsp3) is 0.656. The van der Waals surface area contributed by atoms with Gasteiger partial charge in [0, 0.05) is 50.9 Å². The molecule has 1 aromatic carbocycles. The molecule has 1 aliphatic rings. The van der Waals surface area contributed by atoms with Crippen molar-refractivity contribution in [3.8, 4) is 11.8 Å². The van der Waals surface area contributed by atoms with Crippen molar-refractivity contribution in [1.29, 1.82) is 5.26 Å². The van der Waals surface area contributed by atoms with Crippen LogP contribution in [0.3, 0.4) is 0 Å². The Hall–Kier alpha value is -3.09. The van der Waals surface area contributed by atoms with Gasteiger partial charge in [0.1, 0.15) is 23.3 Å². The molecule has 9 heteroatoms. The lowest BCUT2D eigenvalue weighted by Gasteiger charge is -2.43. The Balaban J connectivity index is 1.80. The lowest BCUT2D eigenvalue weighted by Crippen LogP contribution is -2.56. The number of hydrogen-bond donors (Lipinski definition) is 1. The first-order valence-corrected chi connectivity index (χ1v) is 15.3. The first-order chi connectivity index (χ1) is 19.6. The van der Waals surface area contributed by atoms with Crippen molar-refractivity contribution in [2.45, 2.75) is 104 Å². The van der Waals surface area contributed by atoms with Crippen LogP contribution in [0.4, 0.5) is 5.82 Å². The van der Waals surface area contributed by atoms with Gasteiger partial charge in [-0.15, -0.1) is 0 Å². The minimum atomic E-state index is -0.725. The maximum absolute atomic E-state index is 13.2. The van der Waals surface area contributed by atoms with Crippen LogP contribution < -0.4 is 20.9 Å². The minimum absolute atomic E-state index is 0.0833. The standard InChI is InChI=1S/C32H49N5O4/c1-7-9-15-32(16-10-8-2,41-27-13-11-26(22-33)12-14-27)28(38)23-34-17-19-35(20-18-34)29-21-30(39)37(25(5)6)31(40)36(29)24(3)4/h11-14,21,24-25,28,38H,7-10,15-20,23H2,1-6H3. The maximum Gasteiger partial charge on any atom is 0.333 e. The molecule has 0 spiro atoms. The molecule has 2 heterocycles. The number of aliphatic hydroxyl groups excluding tert-OH is 1. The van der Waals surface area contributed by atoms with E-state index >= 15 is 0 Å². The van der Waals surface area contributed by atoms with E-state index in [0.29, 0.717) is 49.9 Å². The van der Waals surface area contributed by atoms with Gasteiger partial charge in [-0.05, 0) is 77.6 Å². The van der Waals surface area contributed by atoms with Crippen molar-refractivity contribution >= 4 is 5.82 Å². The Labute approximate surface area is 245 Å². The van der Waals surface area contributed by atoms with E-state index in [9.17, 15) is 20.0 Å². The van der Waals surface area contributed by atoms with E-state index in [4.69, 9.17) is 4.74 Å². The first kappa shape index (κ1) is 32.4. The largest absolute Gasteiger partial charge is 0.485 e. The molecule has 41 heavy (non-hydrogen) atoms. The van der Waals surface area contributed by atoms with Crippen LogP contribution >= 0.6 is 0 Å². The Morgan fingerprint density at radius 1 is 0.927 bits per heavy atom. The Bertz CT molecular complexity index is 1260. The molecule has 1 aliphatic heterocycles. The van der Waals surface area contributed by atoms with Crippen LogP contribution in [0.2, 0.25) is 0 Å². The summed E-state index contributed by atoms with van der Waals surface area (Å²) in [6.07, 6.45) is 4.69. The second kappa shape index (κ2) is 14.7. The van der Waals surface area contributed by atoms with Crippen LogP contribution in [0, 0.1) is 11.3 Å². The van der Waals surface area contributed by atoms with Crippen molar-refractivity contribution in [3.05, 3.63) is 56.7 Å². The van der Waals surface area contributed by atoms with Gasteiger partial charge in [0.2, 0.25) is 0 Å². The van der Waals surface area contributed by atoms with Gasteiger partial charge in [0.15, 0.2) is 0 Å². The van der Waals surface area contributed by atoms with E-state index in [0.717, 1.165) is 38.5 Å². The van der Waals surface area contributed by atoms with Crippen LogP contribution in [-0.2, 0) is 0 Å².